The first-order valence-corrected chi connectivity index (χ1v) is 10.9. The normalized spacial score (nSPS) is 26.5. The molecule has 0 spiro atoms. The lowest BCUT2D eigenvalue weighted by molar-refractivity contribution is -0.133. The number of amides is 1. The molecule has 144 valence electrons. The van der Waals surface area contributed by atoms with Gasteiger partial charge in [0.25, 0.3) is 0 Å². The van der Waals surface area contributed by atoms with Crippen molar-refractivity contribution in [3.05, 3.63) is 24.5 Å². The van der Waals surface area contributed by atoms with Crippen LogP contribution in [-0.4, -0.2) is 52.5 Å². The fourth-order valence-corrected chi connectivity index (χ4v) is 5.05. The Morgan fingerprint density at radius 2 is 1.77 bits per heavy atom. The van der Waals surface area contributed by atoms with Gasteiger partial charge in [-0.05, 0) is 82.0 Å². The molecule has 4 rings (SSSR count). The Kier molecular flexibility index (Phi) is 5.98. The van der Waals surface area contributed by atoms with Crippen molar-refractivity contribution in [2.24, 2.45) is 11.8 Å². The summed E-state index contributed by atoms with van der Waals surface area (Å²) in [6.45, 7) is 5.56. The minimum absolute atomic E-state index is 0.400. The van der Waals surface area contributed by atoms with Gasteiger partial charge in [-0.15, -0.1) is 0 Å². The maximum atomic E-state index is 13.0. The number of hydrogen-bond acceptors (Lipinski definition) is 2. The summed E-state index contributed by atoms with van der Waals surface area (Å²) in [4.78, 5) is 18.0. The number of aryl methyl sites for hydroxylation is 1. The van der Waals surface area contributed by atoms with Gasteiger partial charge in [-0.3, -0.25) is 4.79 Å². The molecule has 2 saturated heterocycles. The van der Waals surface area contributed by atoms with Crippen molar-refractivity contribution in [1.82, 2.24) is 14.4 Å². The van der Waals surface area contributed by atoms with E-state index >= 15 is 0 Å². The van der Waals surface area contributed by atoms with Crippen molar-refractivity contribution in [2.45, 2.75) is 70.4 Å². The third-order valence-corrected chi connectivity index (χ3v) is 6.68. The van der Waals surface area contributed by atoms with Crippen LogP contribution in [0.1, 0.15) is 57.8 Å². The highest BCUT2D eigenvalue weighted by atomic mass is 16.2. The number of rotatable bonds is 8. The molecular formula is C22H35N3O. The smallest absolute Gasteiger partial charge is 0.222 e. The number of carbonyl (C=O) groups is 1. The summed E-state index contributed by atoms with van der Waals surface area (Å²) in [6.07, 6.45) is 15.2. The highest BCUT2D eigenvalue weighted by molar-refractivity contribution is 5.76. The van der Waals surface area contributed by atoms with Crippen LogP contribution in [0.5, 0.6) is 0 Å². The van der Waals surface area contributed by atoms with E-state index in [2.05, 4.69) is 38.9 Å². The third-order valence-electron chi connectivity index (χ3n) is 6.68. The van der Waals surface area contributed by atoms with Crippen LogP contribution < -0.4 is 0 Å². The molecule has 0 N–H and O–H groups in total. The van der Waals surface area contributed by atoms with Gasteiger partial charge in [-0.1, -0.05) is 6.42 Å². The summed E-state index contributed by atoms with van der Waals surface area (Å²) in [5, 5.41) is 0. The van der Waals surface area contributed by atoms with Crippen LogP contribution in [0, 0.1) is 11.8 Å². The van der Waals surface area contributed by atoms with Crippen molar-refractivity contribution in [3.8, 4) is 0 Å². The molecule has 1 amide bonds. The number of fused-ring (bicyclic) bond motifs is 1. The van der Waals surface area contributed by atoms with Gasteiger partial charge in [0, 0.05) is 44.5 Å². The van der Waals surface area contributed by atoms with Gasteiger partial charge in [-0.2, -0.15) is 0 Å². The minimum atomic E-state index is 0.400. The zero-order valence-corrected chi connectivity index (χ0v) is 16.2. The Labute approximate surface area is 158 Å². The predicted octanol–water partition coefficient (Wildman–Crippen LogP) is 3.77. The molecule has 2 aliphatic heterocycles. The van der Waals surface area contributed by atoms with Gasteiger partial charge >= 0.3 is 0 Å². The van der Waals surface area contributed by atoms with Gasteiger partial charge in [0.2, 0.25) is 5.91 Å². The van der Waals surface area contributed by atoms with Crippen LogP contribution in [0.4, 0.5) is 0 Å². The van der Waals surface area contributed by atoms with Crippen LogP contribution in [0.3, 0.4) is 0 Å². The van der Waals surface area contributed by atoms with Crippen molar-refractivity contribution in [1.29, 1.82) is 0 Å². The average molecular weight is 358 g/mol. The van der Waals surface area contributed by atoms with E-state index in [1.807, 2.05) is 0 Å². The van der Waals surface area contributed by atoms with Gasteiger partial charge in [0.1, 0.15) is 0 Å². The fraction of sp³-hybridized carbons (Fsp3) is 0.773. The van der Waals surface area contributed by atoms with Gasteiger partial charge in [-0.25, -0.2) is 0 Å². The molecule has 0 bridgehead atoms. The first-order valence-electron chi connectivity index (χ1n) is 10.9. The minimum Gasteiger partial charge on any atom is -0.354 e. The number of aromatic nitrogens is 1. The van der Waals surface area contributed by atoms with Crippen molar-refractivity contribution >= 4 is 5.91 Å². The van der Waals surface area contributed by atoms with Crippen molar-refractivity contribution < 1.29 is 4.79 Å². The van der Waals surface area contributed by atoms with E-state index in [1.54, 1.807) is 0 Å². The molecular weight excluding hydrogens is 322 g/mol. The summed E-state index contributed by atoms with van der Waals surface area (Å²) in [6, 6.07) is 4.85. The molecule has 26 heavy (non-hydrogen) atoms. The number of piperidine rings is 2. The Morgan fingerprint density at radius 3 is 2.58 bits per heavy atom. The van der Waals surface area contributed by atoms with E-state index in [1.165, 1.54) is 58.0 Å². The lowest BCUT2D eigenvalue weighted by Crippen LogP contribution is -2.51. The summed E-state index contributed by atoms with van der Waals surface area (Å²) < 4.78 is 2.18. The molecule has 3 heterocycles. The lowest BCUT2D eigenvalue weighted by atomic mass is 9.83. The monoisotopic (exact) mass is 357 g/mol. The molecule has 3 fully saturated rings. The highest BCUT2D eigenvalue weighted by Gasteiger charge is 2.35. The molecule has 3 aliphatic rings. The van der Waals surface area contributed by atoms with E-state index in [0.717, 1.165) is 38.0 Å². The molecule has 4 nitrogen and oxygen atoms in total. The average Bonchev–Trinajstić information content (AvgIpc) is 3.33. The maximum absolute atomic E-state index is 13.0. The quantitative estimate of drug-likeness (QED) is 0.708. The Balaban J connectivity index is 1.32. The van der Waals surface area contributed by atoms with Gasteiger partial charge in [0.05, 0.1) is 0 Å². The molecule has 0 radical (unpaired) electrons. The van der Waals surface area contributed by atoms with E-state index in [9.17, 15) is 4.79 Å². The van der Waals surface area contributed by atoms with Crippen molar-refractivity contribution in [2.75, 3.05) is 26.2 Å². The summed E-state index contributed by atoms with van der Waals surface area (Å²) in [5.74, 6) is 1.89. The zero-order valence-electron chi connectivity index (χ0n) is 16.2. The topological polar surface area (TPSA) is 28.5 Å². The SMILES string of the molecule is O=C(CCCn1cccc1)N(CC1CC1)C[C@@H]1CCCN2CCCC[C@H]12. The Morgan fingerprint density at radius 1 is 0.962 bits per heavy atom. The van der Waals surface area contributed by atoms with Crippen molar-refractivity contribution in [3.63, 3.8) is 0 Å². The summed E-state index contributed by atoms with van der Waals surface area (Å²) >= 11 is 0. The van der Waals surface area contributed by atoms with Crippen LogP contribution in [0.25, 0.3) is 0 Å². The zero-order chi connectivity index (χ0) is 17.8. The summed E-state index contributed by atoms with van der Waals surface area (Å²) in [7, 11) is 0. The molecule has 1 aromatic heterocycles. The molecule has 2 atom stereocenters. The molecule has 1 aromatic rings. The molecule has 4 heteroatoms. The second-order valence-electron chi connectivity index (χ2n) is 8.77. The standard InChI is InChI=1S/C22H35N3O/c26-22(9-6-14-23-12-3-4-13-23)25(17-19-10-11-19)18-20-7-5-16-24-15-2-1-8-21(20)24/h3-4,12-13,19-21H,1-2,5-11,14-18H2/t20-,21+/m0/s1. The fourth-order valence-electron chi connectivity index (χ4n) is 5.05. The van der Waals surface area contributed by atoms with Gasteiger partial charge < -0.3 is 14.4 Å². The molecule has 0 aromatic carbocycles. The highest BCUT2D eigenvalue weighted by Crippen LogP contribution is 2.34. The maximum Gasteiger partial charge on any atom is 0.222 e. The van der Waals surface area contributed by atoms with E-state index in [4.69, 9.17) is 0 Å². The van der Waals surface area contributed by atoms with Crippen LogP contribution >= 0.6 is 0 Å². The van der Waals surface area contributed by atoms with E-state index < -0.39 is 0 Å². The molecule has 1 saturated carbocycles. The Hall–Kier alpha value is -1.29. The van der Waals surface area contributed by atoms with E-state index in [-0.39, 0.29) is 0 Å². The predicted molar refractivity (Wildman–Crippen MR) is 105 cm³/mol. The third kappa shape index (κ3) is 4.70. The number of nitrogens with zero attached hydrogens (tertiary/aromatic N) is 3. The largest absolute Gasteiger partial charge is 0.354 e. The van der Waals surface area contributed by atoms with E-state index in [0.29, 0.717) is 18.2 Å². The number of hydrogen-bond donors (Lipinski definition) is 0. The molecule has 1 aliphatic carbocycles. The molecule has 0 unspecified atom stereocenters. The lowest BCUT2D eigenvalue weighted by Gasteiger charge is -2.45. The summed E-state index contributed by atoms with van der Waals surface area (Å²) in [5.41, 5.74) is 0. The second kappa shape index (κ2) is 8.60. The second-order valence-corrected chi connectivity index (χ2v) is 8.77. The number of carbonyl (C=O) groups excluding carboxylic acids is 1. The van der Waals surface area contributed by atoms with Crippen LogP contribution in [0.2, 0.25) is 0 Å². The first-order chi connectivity index (χ1) is 12.8. The van der Waals surface area contributed by atoms with Crippen LogP contribution in [0.15, 0.2) is 24.5 Å². The van der Waals surface area contributed by atoms with Gasteiger partial charge in [0.15, 0.2) is 0 Å². The van der Waals surface area contributed by atoms with Crippen LogP contribution in [-0.2, 0) is 11.3 Å². The first kappa shape index (κ1) is 18.1. The Bertz CT molecular complexity index is 564.